The summed E-state index contributed by atoms with van der Waals surface area (Å²) in [5, 5.41) is 14.1. The Morgan fingerprint density at radius 2 is 1.64 bits per heavy atom. The fraction of sp³-hybridized carbons (Fsp3) is 0.852. The first-order valence-electron chi connectivity index (χ1n) is 13.5. The van der Waals surface area contributed by atoms with Gasteiger partial charge in [0.05, 0.1) is 23.4 Å². The van der Waals surface area contributed by atoms with Crippen molar-refractivity contribution in [2.45, 2.75) is 110 Å². The summed E-state index contributed by atoms with van der Waals surface area (Å²) in [6.45, 7) is 17.0. The molecule has 4 saturated carbocycles. The monoisotopic (exact) mass is 501 g/mol. The quantitative estimate of drug-likeness (QED) is 0.563. The lowest BCUT2D eigenvalue weighted by atomic mass is 9.39. The van der Waals surface area contributed by atoms with Crippen molar-refractivity contribution in [3.05, 3.63) is 11.9 Å². The molecule has 0 radical (unpaired) electrons. The number of carbonyl (C=O) groups is 1. The first-order valence-corrected chi connectivity index (χ1v) is 13.5. The van der Waals surface area contributed by atoms with Crippen molar-refractivity contribution in [1.82, 2.24) is 14.7 Å². The number of rotatable bonds is 7. The number of hydrogen-bond donors (Lipinski definition) is 1. The Hall–Kier alpha value is -1.58. The average Bonchev–Trinajstić information content (AvgIpc) is 3.13. The molecular formula is C27H44BN3O5. The van der Waals surface area contributed by atoms with Crippen LogP contribution in [0.4, 0.5) is 4.79 Å². The van der Waals surface area contributed by atoms with Crippen LogP contribution >= 0.6 is 0 Å². The van der Waals surface area contributed by atoms with Crippen LogP contribution in [0.2, 0.25) is 0 Å². The zero-order valence-electron chi connectivity index (χ0n) is 23.4. The summed E-state index contributed by atoms with van der Waals surface area (Å²) in [5.74, 6) is 0. The second kappa shape index (κ2) is 7.96. The van der Waals surface area contributed by atoms with Crippen molar-refractivity contribution >= 4 is 18.7 Å². The minimum absolute atomic E-state index is 0.112. The van der Waals surface area contributed by atoms with Crippen LogP contribution in [0, 0.1) is 23.2 Å². The number of likely N-dealkylation sites (N-methyl/N-ethyl adjacent to an activating group) is 1. The van der Waals surface area contributed by atoms with Crippen molar-refractivity contribution in [3.63, 3.8) is 0 Å². The molecule has 1 N–H and O–H groups in total. The third-order valence-electron chi connectivity index (χ3n) is 9.95. The van der Waals surface area contributed by atoms with Crippen LogP contribution in [-0.4, -0.2) is 70.0 Å². The van der Waals surface area contributed by atoms with E-state index >= 15 is 0 Å². The maximum Gasteiger partial charge on any atom is 0.498 e. The Morgan fingerprint density at radius 1 is 1.06 bits per heavy atom. The Balaban J connectivity index is 1.37. The molecule has 1 amide bonds. The standard InChI is InChI=1S/C27H44BN3O5/c1-19-20(28-35-22(2,3)23(4,5)36-28)11-29-31(19)18-26-13-24(6)12-25(7,14-26)16-27(15-24,17-26)34-10-9-30(8)21(32)33/h11H,9-10,12-18H2,1-8H3,(H,32,33). The number of aromatic nitrogens is 2. The minimum atomic E-state index is -0.911. The molecule has 5 aliphatic rings. The van der Waals surface area contributed by atoms with Gasteiger partial charge in [0, 0.05) is 37.5 Å². The van der Waals surface area contributed by atoms with Gasteiger partial charge in [0.2, 0.25) is 0 Å². The zero-order chi connectivity index (χ0) is 26.4. The van der Waals surface area contributed by atoms with Crippen LogP contribution in [0.25, 0.3) is 0 Å². The zero-order valence-corrected chi connectivity index (χ0v) is 23.4. The first-order chi connectivity index (χ1) is 16.5. The molecule has 2 atom stereocenters. The summed E-state index contributed by atoms with van der Waals surface area (Å²) >= 11 is 0. The highest BCUT2D eigenvalue weighted by Crippen LogP contribution is 2.72. The predicted molar refractivity (Wildman–Crippen MR) is 138 cm³/mol. The summed E-state index contributed by atoms with van der Waals surface area (Å²) in [5.41, 5.74) is 1.75. The van der Waals surface area contributed by atoms with E-state index in [0.717, 1.165) is 37.0 Å². The molecule has 1 aromatic heterocycles. The van der Waals surface area contributed by atoms with E-state index in [1.807, 2.05) is 6.20 Å². The number of nitrogens with zero attached hydrogens (tertiary/aromatic N) is 3. The van der Waals surface area contributed by atoms with Gasteiger partial charge in [0.15, 0.2) is 0 Å². The van der Waals surface area contributed by atoms with Crippen molar-refractivity contribution in [2.24, 2.45) is 16.2 Å². The van der Waals surface area contributed by atoms with Crippen LogP contribution in [-0.2, 0) is 20.6 Å². The average molecular weight is 501 g/mol. The van der Waals surface area contributed by atoms with E-state index in [1.165, 1.54) is 24.2 Å². The van der Waals surface area contributed by atoms with E-state index in [-0.39, 0.29) is 33.0 Å². The highest BCUT2D eigenvalue weighted by atomic mass is 16.7. The number of hydrogen-bond acceptors (Lipinski definition) is 5. The molecule has 0 spiro atoms. The van der Waals surface area contributed by atoms with E-state index in [0.29, 0.717) is 13.2 Å². The van der Waals surface area contributed by atoms with Gasteiger partial charge in [-0.15, -0.1) is 0 Å². The molecule has 8 nitrogen and oxygen atoms in total. The van der Waals surface area contributed by atoms with Crippen LogP contribution in [0.3, 0.4) is 0 Å². The Labute approximate surface area is 216 Å². The van der Waals surface area contributed by atoms with Crippen molar-refractivity contribution in [3.8, 4) is 0 Å². The van der Waals surface area contributed by atoms with Gasteiger partial charge in [-0.25, -0.2) is 4.79 Å². The summed E-state index contributed by atoms with van der Waals surface area (Å²) < 4.78 is 21.5. The third kappa shape index (κ3) is 4.29. The maximum atomic E-state index is 11.3. The first kappa shape index (κ1) is 26.0. The molecule has 4 aliphatic carbocycles. The summed E-state index contributed by atoms with van der Waals surface area (Å²) in [6, 6.07) is 0. The molecule has 36 heavy (non-hydrogen) atoms. The van der Waals surface area contributed by atoms with Gasteiger partial charge in [-0.2, -0.15) is 5.10 Å². The van der Waals surface area contributed by atoms with Gasteiger partial charge in [-0.1, -0.05) is 13.8 Å². The molecular weight excluding hydrogens is 457 g/mol. The lowest BCUT2D eigenvalue weighted by Gasteiger charge is -2.69. The molecule has 4 bridgehead atoms. The topological polar surface area (TPSA) is 86.1 Å². The second-order valence-electron chi connectivity index (χ2n) is 14.3. The fourth-order valence-electron chi connectivity index (χ4n) is 8.78. The van der Waals surface area contributed by atoms with Crippen LogP contribution in [0.5, 0.6) is 0 Å². The van der Waals surface area contributed by atoms with E-state index in [1.54, 1.807) is 7.05 Å². The predicted octanol–water partition coefficient (Wildman–Crippen LogP) is 4.24. The van der Waals surface area contributed by atoms with Gasteiger partial charge in [-0.05, 0) is 89.4 Å². The Morgan fingerprint density at radius 3 is 2.19 bits per heavy atom. The summed E-state index contributed by atoms with van der Waals surface area (Å²) in [7, 11) is 1.20. The second-order valence-corrected chi connectivity index (χ2v) is 14.3. The molecule has 0 aromatic carbocycles. The molecule has 1 saturated heterocycles. The molecule has 1 aromatic rings. The van der Waals surface area contributed by atoms with Gasteiger partial charge in [-0.3, -0.25) is 4.68 Å². The highest BCUT2D eigenvalue weighted by molar-refractivity contribution is 6.62. The molecule has 6 rings (SSSR count). The lowest BCUT2D eigenvalue weighted by molar-refractivity contribution is -0.248. The number of amides is 1. The van der Waals surface area contributed by atoms with E-state index in [4.69, 9.17) is 19.1 Å². The SMILES string of the molecule is Cc1c(B2OC(C)(C)C(C)(C)O2)cnn1CC12CC3(C)CC(C)(C1)CC(OCCN(C)C(=O)O)(C3)C2. The Kier molecular flexibility index (Phi) is 5.76. The fourth-order valence-corrected chi connectivity index (χ4v) is 8.78. The summed E-state index contributed by atoms with van der Waals surface area (Å²) in [6.07, 6.45) is 7.74. The van der Waals surface area contributed by atoms with E-state index in [2.05, 4.69) is 53.1 Å². The highest BCUT2D eigenvalue weighted by Gasteiger charge is 2.66. The Bertz CT molecular complexity index is 1020. The van der Waals surface area contributed by atoms with Gasteiger partial charge < -0.3 is 24.1 Å². The molecule has 5 fully saturated rings. The molecule has 9 heteroatoms. The lowest BCUT2D eigenvalue weighted by Crippen LogP contribution is -2.64. The smallest absolute Gasteiger partial charge is 0.465 e. The molecule has 1 aliphatic heterocycles. The molecule has 2 heterocycles. The van der Waals surface area contributed by atoms with Crippen molar-refractivity contribution < 1.29 is 23.9 Å². The van der Waals surface area contributed by atoms with Gasteiger partial charge in [0.25, 0.3) is 0 Å². The maximum absolute atomic E-state index is 11.3. The van der Waals surface area contributed by atoms with E-state index < -0.39 is 13.2 Å². The molecule has 2 unspecified atom stereocenters. The van der Waals surface area contributed by atoms with Crippen molar-refractivity contribution in [2.75, 3.05) is 20.2 Å². The summed E-state index contributed by atoms with van der Waals surface area (Å²) in [4.78, 5) is 12.6. The van der Waals surface area contributed by atoms with Crippen molar-refractivity contribution in [1.29, 1.82) is 0 Å². The minimum Gasteiger partial charge on any atom is -0.465 e. The molecule has 200 valence electrons. The van der Waals surface area contributed by atoms with Crippen LogP contribution < -0.4 is 5.46 Å². The van der Waals surface area contributed by atoms with Crippen LogP contribution in [0.15, 0.2) is 6.20 Å². The van der Waals surface area contributed by atoms with E-state index in [9.17, 15) is 9.90 Å². The normalized spacial score (nSPS) is 38.1. The third-order valence-corrected chi connectivity index (χ3v) is 9.95. The number of carboxylic acid groups (broad SMARTS) is 1. The van der Waals surface area contributed by atoms with Crippen LogP contribution in [0.1, 0.15) is 85.8 Å². The van der Waals surface area contributed by atoms with Gasteiger partial charge >= 0.3 is 13.2 Å². The van der Waals surface area contributed by atoms with Gasteiger partial charge in [0.1, 0.15) is 0 Å². The number of ether oxygens (including phenoxy) is 1. The largest absolute Gasteiger partial charge is 0.498 e.